The van der Waals surface area contributed by atoms with Crippen LogP contribution in [-0.4, -0.2) is 45.7 Å². The van der Waals surface area contributed by atoms with Crippen LogP contribution in [-0.2, 0) is 0 Å². The fraction of sp³-hybridized carbons (Fsp3) is 0.125. The number of rotatable bonds is 5. The van der Waals surface area contributed by atoms with Crippen LogP contribution in [0.5, 0.6) is 0 Å². The molecule has 0 aliphatic carbocycles. The number of hydrogen-bond acceptors (Lipinski definition) is 6. The summed E-state index contributed by atoms with van der Waals surface area (Å²) in [5.41, 5.74) is 7.63. The smallest absolute Gasteiger partial charge is 0.186 e. The number of aromatic nitrogens is 2. The molecule has 0 aliphatic heterocycles. The molecular formula is C16H18N8S2. The summed E-state index contributed by atoms with van der Waals surface area (Å²) in [5, 5.41) is 15.1. The zero-order valence-corrected chi connectivity index (χ0v) is 15.9. The Kier molecular flexibility index (Phi) is 7.52. The van der Waals surface area contributed by atoms with E-state index in [1.54, 1.807) is 26.5 Å². The van der Waals surface area contributed by atoms with Crippen molar-refractivity contribution in [2.75, 3.05) is 14.1 Å². The van der Waals surface area contributed by atoms with E-state index in [-0.39, 0.29) is 0 Å². The van der Waals surface area contributed by atoms with Gasteiger partial charge in [0, 0.05) is 26.5 Å². The van der Waals surface area contributed by atoms with Crippen LogP contribution in [0.4, 0.5) is 0 Å². The lowest BCUT2D eigenvalue weighted by Crippen LogP contribution is -2.34. The van der Waals surface area contributed by atoms with E-state index in [4.69, 9.17) is 24.4 Å². The van der Waals surface area contributed by atoms with E-state index in [1.807, 2.05) is 36.4 Å². The number of nitrogens with one attached hydrogen (secondary N) is 4. The van der Waals surface area contributed by atoms with Crippen molar-refractivity contribution < 1.29 is 0 Å². The summed E-state index contributed by atoms with van der Waals surface area (Å²) in [6.07, 6.45) is 3.34. The molecule has 0 amide bonds. The predicted octanol–water partition coefficient (Wildman–Crippen LogP) is 0.773. The lowest BCUT2D eigenvalue weighted by atomic mass is 10.1. The molecule has 8 nitrogen and oxygen atoms in total. The molecule has 2 aromatic rings. The highest BCUT2D eigenvalue weighted by atomic mass is 32.1. The van der Waals surface area contributed by atoms with Gasteiger partial charge >= 0.3 is 0 Å². The first kappa shape index (κ1) is 19.3. The Morgan fingerprint density at radius 3 is 1.50 bits per heavy atom. The molecule has 26 heavy (non-hydrogen) atoms. The van der Waals surface area contributed by atoms with E-state index in [0.717, 1.165) is 0 Å². The van der Waals surface area contributed by atoms with Crippen molar-refractivity contribution in [2.45, 2.75) is 0 Å². The maximum atomic E-state index is 5.10. The topological polar surface area (TPSA) is 98.6 Å². The second kappa shape index (κ2) is 10.1. The van der Waals surface area contributed by atoms with Gasteiger partial charge in [-0.3, -0.25) is 20.8 Å². The van der Waals surface area contributed by atoms with Gasteiger partial charge in [-0.15, -0.1) is 0 Å². The standard InChI is InChI=1S/C16H18N8S2/c1-17-15(25)23-21-13(11-7-3-5-9-19-11)14(22-24-16(26)18-2)12-8-4-6-10-20-12/h3-10H,1-2H3,(H2,17,23,25)(H2,18,24,26)/b21-13-,22-14-. The van der Waals surface area contributed by atoms with Gasteiger partial charge < -0.3 is 10.6 Å². The second-order valence-electron chi connectivity index (χ2n) is 4.73. The summed E-state index contributed by atoms with van der Waals surface area (Å²) in [5.74, 6) is 0. The van der Waals surface area contributed by atoms with E-state index in [1.165, 1.54) is 0 Å². The van der Waals surface area contributed by atoms with Crippen molar-refractivity contribution in [1.29, 1.82) is 0 Å². The summed E-state index contributed by atoms with van der Waals surface area (Å²) >= 11 is 10.2. The molecule has 0 bridgehead atoms. The predicted molar refractivity (Wildman–Crippen MR) is 111 cm³/mol. The molecule has 0 aromatic carbocycles. The first-order valence-corrected chi connectivity index (χ1v) is 8.41. The Hall–Kier alpha value is -2.98. The highest BCUT2D eigenvalue weighted by molar-refractivity contribution is 7.80. The lowest BCUT2D eigenvalue weighted by Gasteiger charge is -2.11. The van der Waals surface area contributed by atoms with Gasteiger partial charge in [-0.25, -0.2) is 0 Å². The Morgan fingerprint density at radius 1 is 0.769 bits per heavy atom. The van der Waals surface area contributed by atoms with Crippen molar-refractivity contribution in [2.24, 2.45) is 10.2 Å². The van der Waals surface area contributed by atoms with E-state index >= 15 is 0 Å². The Balaban J connectivity index is 2.53. The van der Waals surface area contributed by atoms with Crippen LogP contribution in [0.1, 0.15) is 11.4 Å². The van der Waals surface area contributed by atoms with E-state index in [2.05, 4.69) is 41.7 Å². The van der Waals surface area contributed by atoms with Crippen LogP contribution >= 0.6 is 24.4 Å². The van der Waals surface area contributed by atoms with Gasteiger partial charge in [-0.05, 0) is 48.7 Å². The zero-order valence-electron chi connectivity index (χ0n) is 14.2. The zero-order chi connectivity index (χ0) is 18.8. The lowest BCUT2D eigenvalue weighted by molar-refractivity contribution is 0.964. The SMILES string of the molecule is CNC(=S)N/N=C(\C(=N/NC(=S)NC)c1ccccn1)c1ccccn1. The molecule has 0 atom stereocenters. The van der Waals surface area contributed by atoms with E-state index in [9.17, 15) is 0 Å². The number of hydrazone groups is 2. The van der Waals surface area contributed by atoms with Crippen molar-refractivity contribution in [3.63, 3.8) is 0 Å². The molecular weight excluding hydrogens is 368 g/mol. The minimum Gasteiger partial charge on any atom is -0.364 e. The van der Waals surface area contributed by atoms with Crippen LogP contribution in [0.3, 0.4) is 0 Å². The minimum absolute atomic E-state index is 0.359. The van der Waals surface area contributed by atoms with Crippen LogP contribution in [0.15, 0.2) is 59.0 Å². The molecule has 4 N–H and O–H groups in total. The number of thiocarbonyl (C=S) groups is 2. The average molecular weight is 387 g/mol. The third kappa shape index (κ3) is 5.53. The third-order valence-electron chi connectivity index (χ3n) is 3.03. The fourth-order valence-electron chi connectivity index (χ4n) is 1.79. The van der Waals surface area contributed by atoms with Crippen molar-refractivity contribution >= 4 is 46.1 Å². The highest BCUT2D eigenvalue weighted by Crippen LogP contribution is 2.06. The average Bonchev–Trinajstić information content (AvgIpc) is 2.71. The maximum Gasteiger partial charge on any atom is 0.186 e. The molecule has 0 saturated carbocycles. The van der Waals surface area contributed by atoms with Crippen LogP contribution in [0, 0.1) is 0 Å². The summed E-state index contributed by atoms with van der Waals surface area (Å²) in [4.78, 5) is 8.71. The van der Waals surface area contributed by atoms with Crippen LogP contribution < -0.4 is 21.5 Å². The maximum absolute atomic E-state index is 5.10. The molecule has 2 aromatic heterocycles. The van der Waals surface area contributed by atoms with E-state index in [0.29, 0.717) is 33.0 Å². The normalized spacial score (nSPS) is 11.5. The minimum atomic E-state index is 0.359. The third-order valence-corrected chi connectivity index (χ3v) is 3.62. The van der Waals surface area contributed by atoms with Crippen molar-refractivity contribution in [1.82, 2.24) is 31.5 Å². The largest absolute Gasteiger partial charge is 0.364 e. The van der Waals surface area contributed by atoms with Gasteiger partial charge in [-0.1, -0.05) is 12.1 Å². The van der Waals surface area contributed by atoms with Gasteiger partial charge in [0.1, 0.15) is 11.4 Å². The number of pyridine rings is 2. The van der Waals surface area contributed by atoms with Crippen molar-refractivity contribution in [3.8, 4) is 0 Å². The number of nitrogens with zero attached hydrogens (tertiary/aromatic N) is 4. The summed E-state index contributed by atoms with van der Waals surface area (Å²) < 4.78 is 0. The first-order chi connectivity index (χ1) is 12.7. The summed E-state index contributed by atoms with van der Waals surface area (Å²) in [6, 6.07) is 11.0. The molecule has 134 valence electrons. The molecule has 0 unspecified atom stereocenters. The van der Waals surface area contributed by atoms with Crippen LogP contribution in [0.25, 0.3) is 0 Å². The Bertz CT molecular complexity index is 736. The van der Waals surface area contributed by atoms with Gasteiger partial charge in [-0.2, -0.15) is 10.2 Å². The molecule has 0 aliphatic rings. The summed E-state index contributed by atoms with van der Waals surface area (Å²) in [7, 11) is 3.40. The highest BCUT2D eigenvalue weighted by Gasteiger charge is 2.18. The van der Waals surface area contributed by atoms with Crippen LogP contribution in [0.2, 0.25) is 0 Å². The van der Waals surface area contributed by atoms with Gasteiger partial charge in [0.15, 0.2) is 10.2 Å². The van der Waals surface area contributed by atoms with Gasteiger partial charge in [0.2, 0.25) is 0 Å². The Morgan fingerprint density at radius 2 is 1.19 bits per heavy atom. The van der Waals surface area contributed by atoms with Gasteiger partial charge in [0.05, 0.1) is 11.4 Å². The molecule has 2 rings (SSSR count). The molecule has 0 radical (unpaired) electrons. The molecule has 2 heterocycles. The second-order valence-corrected chi connectivity index (χ2v) is 5.55. The first-order valence-electron chi connectivity index (χ1n) is 7.59. The quantitative estimate of drug-likeness (QED) is 0.340. The molecule has 0 fully saturated rings. The molecule has 0 spiro atoms. The summed E-state index contributed by atoms with van der Waals surface area (Å²) in [6.45, 7) is 0. The van der Waals surface area contributed by atoms with Crippen molar-refractivity contribution in [3.05, 3.63) is 60.2 Å². The number of hydrogen-bond donors (Lipinski definition) is 4. The molecule has 10 heteroatoms. The fourth-order valence-corrected chi connectivity index (χ4v) is 1.89. The van der Waals surface area contributed by atoms with E-state index < -0.39 is 0 Å². The Labute approximate surface area is 162 Å². The molecule has 0 saturated heterocycles. The monoisotopic (exact) mass is 386 g/mol. The van der Waals surface area contributed by atoms with Gasteiger partial charge in [0.25, 0.3) is 0 Å².